The third-order valence-electron chi connectivity index (χ3n) is 1.15. The van der Waals surface area contributed by atoms with Crippen LogP contribution in [0.4, 0.5) is 0 Å². The van der Waals surface area contributed by atoms with Crippen molar-refractivity contribution in [3.05, 3.63) is 35.0 Å². The van der Waals surface area contributed by atoms with Gasteiger partial charge in [0.15, 0.2) is 0 Å². The van der Waals surface area contributed by atoms with E-state index >= 15 is 0 Å². The number of hydrogen-bond donors (Lipinski definition) is 0. The third-order valence-corrected chi connectivity index (χ3v) is 3.64. The Kier molecular flexibility index (Phi) is 10.0. The zero-order chi connectivity index (χ0) is 8.36. The summed E-state index contributed by atoms with van der Waals surface area (Å²) in [5, 5.41) is 0. The van der Waals surface area contributed by atoms with Gasteiger partial charge in [-0.25, -0.2) is 0 Å². The fraction of sp³-hybridized carbons (Fsp3) is 0.400. The van der Waals surface area contributed by atoms with E-state index in [1.807, 2.05) is 12.2 Å². The van der Waals surface area contributed by atoms with Crippen molar-refractivity contribution in [2.75, 3.05) is 0 Å². The van der Waals surface area contributed by atoms with E-state index in [1.54, 1.807) is 6.08 Å². The van der Waals surface area contributed by atoms with Gasteiger partial charge in [0.25, 0.3) is 0 Å². The molecule has 0 rings (SSSR count). The summed E-state index contributed by atoms with van der Waals surface area (Å²) in [6, 6.07) is 0. The van der Waals surface area contributed by atoms with Crippen molar-refractivity contribution >= 4 is 20.9 Å². The number of unbranched alkanes of at least 4 members (excludes halogenated alkanes) is 1. The van der Waals surface area contributed by atoms with Gasteiger partial charge in [0.1, 0.15) is 0 Å². The number of rotatable bonds is 6. The molecule has 0 unspecified atom stereocenters. The van der Waals surface area contributed by atoms with Crippen LogP contribution in [0.3, 0.4) is 0 Å². The van der Waals surface area contributed by atoms with E-state index in [2.05, 4.69) is 23.7 Å². The van der Waals surface area contributed by atoms with Crippen LogP contribution in [0.2, 0.25) is 4.47 Å². The molecular weight excluding hydrogens is 248 g/mol. The van der Waals surface area contributed by atoms with E-state index in [-0.39, 0.29) is 20.9 Å². The standard InChI is InChI=1S/C10H16Te/c1-3-5-7-8-10-11-9-6-4-2/h3,5,7-8,10H,1,4,6,9H2,2H3. The van der Waals surface area contributed by atoms with Gasteiger partial charge in [0.2, 0.25) is 0 Å². The first kappa shape index (κ1) is 11.0. The van der Waals surface area contributed by atoms with E-state index < -0.39 is 0 Å². The second kappa shape index (κ2) is 10.0. The molecule has 0 spiro atoms. The van der Waals surface area contributed by atoms with Gasteiger partial charge in [-0.05, 0) is 0 Å². The minimum atomic E-state index is 0.176. The van der Waals surface area contributed by atoms with Crippen LogP contribution in [-0.2, 0) is 0 Å². The third kappa shape index (κ3) is 10.0. The molecular formula is C10H16Te. The van der Waals surface area contributed by atoms with E-state index in [9.17, 15) is 0 Å². The van der Waals surface area contributed by atoms with Crippen molar-refractivity contribution in [3.8, 4) is 0 Å². The van der Waals surface area contributed by atoms with Crippen LogP contribution in [0.25, 0.3) is 0 Å². The molecule has 62 valence electrons. The van der Waals surface area contributed by atoms with Crippen molar-refractivity contribution in [1.29, 1.82) is 0 Å². The molecule has 0 aromatic heterocycles. The molecule has 0 saturated heterocycles. The van der Waals surface area contributed by atoms with Crippen LogP contribution in [0.15, 0.2) is 35.0 Å². The van der Waals surface area contributed by atoms with E-state index in [4.69, 9.17) is 0 Å². The Morgan fingerprint density at radius 3 is 2.73 bits per heavy atom. The zero-order valence-corrected chi connectivity index (χ0v) is 9.45. The summed E-state index contributed by atoms with van der Waals surface area (Å²) in [7, 11) is 0. The summed E-state index contributed by atoms with van der Waals surface area (Å²) in [4.78, 5) is 0. The first-order valence-corrected chi connectivity index (χ1v) is 6.97. The molecule has 0 fully saturated rings. The van der Waals surface area contributed by atoms with Gasteiger partial charge in [-0.2, -0.15) is 0 Å². The van der Waals surface area contributed by atoms with Gasteiger partial charge >= 0.3 is 80.2 Å². The Labute approximate surface area is 80.2 Å². The predicted octanol–water partition coefficient (Wildman–Crippen LogP) is 3.16. The van der Waals surface area contributed by atoms with Crippen molar-refractivity contribution in [2.24, 2.45) is 0 Å². The topological polar surface area (TPSA) is 0 Å². The maximum atomic E-state index is 3.60. The molecule has 0 nitrogen and oxygen atoms in total. The van der Waals surface area contributed by atoms with Gasteiger partial charge in [0.05, 0.1) is 0 Å². The summed E-state index contributed by atoms with van der Waals surface area (Å²) >= 11 is 0.176. The van der Waals surface area contributed by atoms with Crippen LogP contribution in [0.1, 0.15) is 19.8 Å². The van der Waals surface area contributed by atoms with E-state index in [0.29, 0.717) is 0 Å². The second-order valence-corrected chi connectivity index (χ2v) is 5.07. The zero-order valence-electron chi connectivity index (χ0n) is 7.12. The fourth-order valence-corrected chi connectivity index (χ4v) is 2.80. The van der Waals surface area contributed by atoms with Gasteiger partial charge in [0, 0.05) is 0 Å². The molecule has 0 aromatic rings. The molecule has 0 aliphatic carbocycles. The molecule has 0 amide bonds. The SMILES string of the molecule is C=CC=CC=C[Te]CCCC. The molecule has 0 atom stereocenters. The van der Waals surface area contributed by atoms with Crippen molar-refractivity contribution in [2.45, 2.75) is 24.2 Å². The molecule has 0 aliphatic heterocycles. The average molecular weight is 264 g/mol. The molecule has 0 aliphatic rings. The summed E-state index contributed by atoms with van der Waals surface area (Å²) in [6.45, 7) is 5.84. The summed E-state index contributed by atoms with van der Waals surface area (Å²) < 4.78 is 3.78. The first-order valence-electron chi connectivity index (χ1n) is 3.97. The molecule has 11 heavy (non-hydrogen) atoms. The van der Waals surface area contributed by atoms with Crippen LogP contribution >= 0.6 is 0 Å². The molecule has 0 bridgehead atoms. The van der Waals surface area contributed by atoms with E-state index in [1.165, 1.54) is 17.3 Å². The second-order valence-electron chi connectivity index (χ2n) is 2.17. The first-order chi connectivity index (χ1) is 5.41. The summed E-state index contributed by atoms with van der Waals surface area (Å²) in [6.07, 6.45) is 10.7. The fourth-order valence-electron chi connectivity index (χ4n) is 0.539. The van der Waals surface area contributed by atoms with E-state index in [0.717, 1.165) is 0 Å². The minimum absolute atomic E-state index is 0.176. The van der Waals surface area contributed by atoms with Gasteiger partial charge in [-0.1, -0.05) is 0 Å². The molecule has 0 heterocycles. The maximum absolute atomic E-state index is 3.60. The van der Waals surface area contributed by atoms with Crippen LogP contribution in [-0.4, -0.2) is 20.9 Å². The quantitative estimate of drug-likeness (QED) is 0.392. The monoisotopic (exact) mass is 266 g/mol. The Bertz CT molecular complexity index is 134. The summed E-state index contributed by atoms with van der Waals surface area (Å²) in [5.41, 5.74) is 0. The van der Waals surface area contributed by atoms with Crippen molar-refractivity contribution in [1.82, 2.24) is 0 Å². The van der Waals surface area contributed by atoms with Gasteiger partial charge in [-0.15, -0.1) is 0 Å². The Balaban J connectivity index is 3.15. The normalized spacial score (nSPS) is 11.4. The van der Waals surface area contributed by atoms with Crippen LogP contribution in [0, 0.1) is 0 Å². The van der Waals surface area contributed by atoms with Crippen molar-refractivity contribution < 1.29 is 0 Å². The average Bonchev–Trinajstić information content (AvgIpc) is 2.03. The van der Waals surface area contributed by atoms with Gasteiger partial charge in [-0.3, -0.25) is 0 Å². The summed E-state index contributed by atoms with van der Waals surface area (Å²) in [5.74, 6) is 0. The van der Waals surface area contributed by atoms with Gasteiger partial charge < -0.3 is 0 Å². The molecule has 1 heteroatoms. The van der Waals surface area contributed by atoms with Crippen LogP contribution in [0.5, 0.6) is 0 Å². The Hall–Kier alpha value is 0.00961. The molecule has 0 radical (unpaired) electrons. The molecule has 0 aromatic carbocycles. The van der Waals surface area contributed by atoms with Crippen molar-refractivity contribution in [3.63, 3.8) is 0 Å². The Morgan fingerprint density at radius 1 is 1.27 bits per heavy atom. The number of allylic oxidation sites excluding steroid dienone is 4. The Morgan fingerprint density at radius 2 is 2.09 bits per heavy atom. The van der Waals surface area contributed by atoms with Crippen LogP contribution < -0.4 is 0 Å². The molecule has 0 saturated carbocycles. The molecule has 0 N–H and O–H groups in total. The predicted molar refractivity (Wildman–Crippen MR) is 53.9 cm³/mol. The number of hydrogen-bond acceptors (Lipinski definition) is 0.